The van der Waals surface area contributed by atoms with E-state index in [1.54, 1.807) is 24.3 Å². The van der Waals surface area contributed by atoms with Gasteiger partial charge in [-0.05, 0) is 25.5 Å². The molecule has 0 unspecified atom stereocenters. The molecule has 1 fully saturated rings. The van der Waals surface area contributed by atoms with Gasteiger partial charge in [0.15, 0.2) is 5.69 Å². The Morgan fingerprint density at radius 3 is 2.32 bits per heavy atom. The van der Waals surface area contributed by atoms with Crippen LogP contribution in [0.25, 0.3) is 5.69 Å². The number of hydrogen-bond acceptors (Lipinski definition) is 2. The summed E-state index contributed by atoms with van der Waals surface area (Å²) in [5, 5.41) is 3.79. The molecule has 4 nitrogen and oxygen atoms in total. The van der Waals surface area contributed by atoms with Crippen molar-refractivity contribution < 1.29 is 18.0 Å². The van der Waals surface area contributed by atoms with E-state index in [1.807, 2.05) is 6.92 Å². The maximum atomic E-state index is 13.4. The van der Waals surface area contributed by atoms with Gasteiger partial charge in [-0.2, -0.15) is 18.3 Å². The largest absolute Gasteiger partial charge is 0.434 e. The van der Waals surface area contributed by atoms with Crippen LogP contribution in [0.3, 0.4) is 0 Å². The summed E-state index contributed by atoms with van der Waals surface area (Å²) in [7, 11) is 0. The lowest BCUT2D eigenvalue weighted by Gasteiger charge is -2.30. The molecule has 0 radical (unpaired) electrons. The fourth-order valence-corrected chi connectivity index (χ4v) is 2.35. The molecule has 0 saturated carbocycles. The number of benzene rings is 1. The first-order valence-electron chi connectivity index (χ1n) is 6.89. The summed E-state index contributed by atoms with van der Waals surface area (Å²) >= 11 is 0. The molecule has 0 atom stereocenters. The summed E-state index contributed by atoms with van der Waals surface area (Å²) < 4.78 is 41.0. The molecular formula is C15H14F3N3O. The van der Waals surface area contributed by atoms with Gasteiger partial charge in [0, 0.05) is 13.1 Å². The number of hydrogen-bond donors (Lipinski definition) is 0. The van der Waals surface area contributed by atoms with E-state index in [2.05, 4.69) is 5.10 Å². The molecule has 3 rings (SSSR count). The Morgan fingerprint density at radius 2 is 1.82 bits per heavy atom. The van der Waals surface area contributed by atoms with E-state index in [4.69, 9.17) is 0 Å². The highest BCUT2D eigenvalue weighted by atomic mass is 19.4. The van der Waals surface area contributed by atoms with Crippen LogP contribution < -0.4 is 0 Å². The first-order chi connectivity index (χ1) is 10.4. The fourth-order valence-electron chi connectivity index (χ4n) is 2.35. The topological polar surface area (TPSA) is 38.1 Å². The van der Waals surface area contributed by atoms with Crippen LogP contribution in [0.2, 0.25) is 0 Å². The van der Waals surface area contributed by atoms with E-state index >= 15 is 0 Å². The summed E-state index contributed by atoms with van der Waals surface area (Å²) in [6.07, 6.45) is -2.83. The van der Waals surface area contributed by atoms with Gasteiger partial charge in [-0.3, -0.25) is 4.79 Å². The van der Waals surface area contributed by atoms with Crippen molar-refractivity contribution in [2.45, 2.75) is 19.5 Å². The molecule has 22 heavy (non-hydrogen) atoms. The molecule has 7 heteroatoms. The number of aromatic nitrogens is 2. The Kier molecular flexibility index (Phi) is 3.42. The molecule has 116 valence electrons. The highest BCUT2D eigenvalue weighted by Gasteiger charge is 2.41. The van der Waals surface area contributed by atoms with Crippen molar-refractivity contribution in [2.24, 2.45) is 0 Å². The summed E-state index contributed by atoms with van der Waals surface area (Å²) in [4.78, 5) is 13.6. The monoisotopic (exact) mass is 309 g/mol. The van der Waals surface area contributed by atoms with Gasteiger partial charge in [0.1, 0.15) is 0 Å². The van der Waals surface area contributed by atoms with Crippen LogP contribution in [0.15, 0.2) is 30.5 Å². The molecular weight excluding hydrogens is 295 g/mol. The van der Waals surface area contributed by atoms with E-state index < -0.39 is 23.3 Å². The summed E-state index contributed by atoms with van der Waals surface area (Å²) in [6.45, 7) is 2.83. The Morgan fingerprint density at radius 1 is 1.18 bits per heavy atom. The number of alkyl halides is 3. The number of likely N-dealkylation sites (tertiary alicyclic amines) is 1. The minimum Gasteiger partial charge on any atom is -0.338 e. The predicted molar refractivity (Wildman–Crippen MR) is 73.8 cm³/mol. The normalized spacial score (nSPS) is 14.8. The number of amides is 1. The zero-order valence-electron chi connectivity index (χ0n) is 11.9. The second kappa shape index (κ2) is 5.15. The summed E-state index contributed by atoms with van der Waals surface area (Å²) in [5.41, 5.74) is -0.206. The first-order valence-corrected chi connectivity index (χ1v) is 6.89. The van der Waals surface area contributed by atoms with Crippen molar-refractivity contribution >= 4 is 5.91 Å². The molecule has 1 amide bonds. The lowest BCUT2D eigenvalue weighted by Crippen LogP contribution is -2.42. The highest BCUT2D eigenvalue weighted by molar-refractivity contribution is 5.96. The third-order valence-corrected chi connectivity index (χ3v) is 3.69. The van der Waals surface area contributed by atoms with Gasteiger partial charge in [0.05, 0.1) is 17.4 Å². The lowest BCUT2D eigenvalue weighted by molar-refractivity contribution is -0.143. The summed E-state index contributed by atoms with van der Waals surface area (Å²) in [6, 6.07) is 6.51. The Balaban J connectivity index is 2.09. The van der Waals surface area contributed by atoms with Crippen molar-refractivity contribution in [1.29, 1.82) is 0 Å². The smallest absolute Gasteiger partial charge is 0.338 e. The number of carbonyl (C=O) groups is 1. The number of aryl methyl sites for hydroxylation is 1. The minimum atomic E-state index is -4.66. The predicted octanol–water partition coefficient (Wildman–Crippen LogP) is 3.05. The van der Waals surface area contributed by atoms with Gasteiger partial charge >= 0.3 is 6.18 Å². The van der Waals surface area contributed by atoms with Crippen molar-refractivity contribution in [3.8, 4) is 5.69 Å². The molecule has 0 bridgehead atoms. The molecule has 1 aromatic carbocycles. The molecule has 1 saturated heterocycles. The Labute approximate surface area is 125 Å². The van der Waals surface area contributed by atoms with Crippen molar-refractivity contribution in [3.05, 3.63) is 47.3 Å². The van der Waals surface area contributed by atoms with Crippen molar-refractivity contribution in [3.63, 3.8) is 0 Å². The highest BCUT2D eigenvalue weighted by Crippen LogP contribution is 2.34. The summed E-state index contributed by atoms with van der Waals surface area (Å²) in [5.74, 6) is -0.614. The molecule has 0 spiro atoms. The number of carbonyl (C=O) groups excluding carboxylic acids is 1. The van der Waals surface area contributed by atoms with Crippen molar-refractivity contribution in [2.75, 3.05) is 13.1 Å². The standard InChI is InChI=1S/C15H14F3N3O/c1-10-3-5-11(6-4-10)21-13(15(16,17)18)12(9-19-21)14(22)20-7-2-8-20/h3-6,9H,2,7-8H2,1H3. The van der Waals surface area contributed by atoms with Crippen LogP contribution in [0.1, 0.15) is 28.0 Å². The molecule has 0 aliphatic carbocycles. The SMILES string of the molecule is Cc1ccc(-n2ncc(C(=O)N3CCC3)c2C(F)(F)F)cc1. The number of halogens is 3. The molecule has 0 N–H and O–H groups in total. The van der Waals surface area contributed by atoms with Crippen molar-refractivity contribution in [1.82, 2.24) is 14.7 Å². The fraction of sp³-hybridized carbons (Fsp3) is 0.333. The van der Waals surface area contributed by atoms with Crippen LogP contribution in [0.5, 0.6) is 0 Å². The molecule has 1 aliphatic rings. The third kappa shape index (κ3) is 2.47. The van der Waals surface area contributed by atoms with Gasteiger partial charge < -0.3 is 4.90 Å². The third-order valence-electron chi connectivity index (χ3n) is 3.69. The van der Waals surface area contributed by atoms with Gasteiger partial charge in [0.25, 0.3) is 5.91 Å². The minimum absolute atomic E-state index is 0.278. The average Bonchev–Trinajstić information content (AvgIpc) is 2.82. The molecule has 1 aromatic heterocycles. The zero-order valence-corrected chi connectivity index (χ0v) is 11.9. The van der Waals surface area contributed by atoms with Crippen LogP contribution in [-0.2, 0) is 6.18 Å². The van der Waals surface area contributed by atoms with Crippen LogP contribution in [0.4, 0.5) is 13.2 Å². The number of rotatable bonds is 2. The molecule has 2 heterocycles. The van der Waals surface area contributed by atoms with E-state index in [1.165, 1.54) is 4.90 Å². The van der Waals surface area contributed by atoms with Gasteiger partial charge in [-0.1, -0.05) is 17.7 Å². The number of nitrogens with zero attached hydrogens (tertiary/aromatic N) is 3. The quantitative estimate of drug-likeness (QED) is 0.855. The van der Waals surface area contributed by atoms with Gasteiger partial charge in [-0.25, -0.2) is 4.68 Å². The van der Waals surface area contributed by atoms with E-state index in [-0.39, 0.29) is 5.69 Å². The first kappa shape index (κ1) is 14.6. The van der Waals surface area contributed by atoms with E-state index in [0.29, 0.717) is 13.1 Å². The maximum absolute atomic E-state index is 13.4. The second-order valence-electron chi connectivity index (χ2n) is 5.30. The lowest BCUT2D eigenvalue weighted by atomic mass is 10.1. The van der Waals surface area contributed by atoms with E-state index in [9.17, 15) is 18.0 Å². The maximum Gasteiger partial charge on any atom is 0.434 e. The van der Waals surface area contributed by atoms with Crippen LogP contribution in [0, 0.1) is 6.92 Å². The second-order valence-corrected chi connectivity index (χ2v) is 5.30. The molecule has 2 aromatic rings. The Bertz CT molecular complexity index is 700. The van der Waals surface area contributed by atoms with Gasteiger partial charge in [0.2, 0.25) is 0 Å². The van der Waals surface area contributed by atoms with Crippen LogP contribution in [-0.4, -0.2) is 33.7 Å². The van der Waals surface area contributed by atoms with Crippen LogP contribution >= 0.6 is 0 Å². The van der Waals surface area contributed by atoms with Gasteiger partial charge in [-0.15, -0.1) is 0 Å². The van der Waals surface area contributed by atoms with E-state index in [0.717, 1.165) is 22.9 Å². The molecule has 1 aliphatic heterocycles. The zero-order chi connectivity index (χ0) is 15.9. The Hall–Kier alpha value is -2.31. The average molecular weight is 309 g/mol.